The van der Waals surface area contributed by atoms with Crippen molar-refractivity contribution >= 4 is 10.9 Å². The summed E-state index contributed by atoms with van der Waals surface area (Å²) < 4.78 is 7.27. The van der Waals surface area contributed by atoms with Crippen molar-refractivity contribution in [3.05, 3.63) is 56.9 Å². The second kappa shape index (κ2) is 7.88. The number of methoxy groups -OCH3 is 1. The van der Waals surface area contributed by atoms with E-state index in [2.05, 4.69) is 13.0 Å². The van der Waals surface area contributed by atoms with Crippen molar-refractivity contribution in [3.8, 4) is 17.1 Å². The van der Waals surface area contributed by atoms with Gasteiger partial charge in [-0.25, -0.2) is 4.98 Å². The molecule has 1 atom stereocenters. The minimum Gasteiger partial charge on any atom is -0.497 e. The van der Waals surface area contributed by atoms with Gasteiger partial charge in [-0.2, -0.15) is 0 Å². The van der Waals surface area contributed by atoms with E-state index in [-0.39, 0.29) is 11.5 Å². The van der Waals surface area contributed by atoms with Crippen molar-refractivity contribution in [2.45, 2.75) is 59.6 Å². The minimum atomic E-state index is -0.670. The molecule has 0 saturated heterocycles. The maximum atomic E-state index is 13.2. The lowest BCUT2D eigenvalue weighted by Crippen LogP contribution is -2.24. The molecule has 5 nitrogen and oxygen atoms in total. The molecule has 1 aromatic carbocycles. The smallest absolute Gasteiger partial charge is 0.254 e. The third-order valence-electron chi connectivity index (χ3n) is 6.28. The number of pyridine rings is 2. The molecule has 2 aromatic heterocycles. The van der Waals surface area contributed by atoms with Gasteiger partial charge in [-0.15, -0.1) is 0 Å². The molecule has 158 valence electrons. The van der Waals surface area contributed by atoms with Crippen molar-refractivity contribution < 1.29 is 9.84 Å². The van der Waals surface area contributed by atoms with Crippen LogP contribution in [0.1, 0.15) is 62.0 Å². The monoisotopic (exact) mass is 406 g/mol. The molecule has 1 aliphatic heterocycles. The SMILES string of the molecule is CCCCc1c2c(nc3ccc(OC)cc13)-c1cc(C(O)C(C)C)c(C)c(=O)n1C2. The average Bonchev–Trinajstić information content (AvgIpc) is 3.11. The van der Waals surface area contributed by atoms with E-state index in [1.165, 1.54) is 5.56 Å². The van der Waals surface area contributed by atoms with E-state index in [0.29, 0.717) is 17.7 Å². The van der Waals surface area contributed by atoms with Gasteiger partial charge < -0.3 is 14.4 Å². The summed E-state index contributed by atoms with van der Waals surface area (Å²) in [5, 5.41) is 11.8. The highest BCUT2D eigenvalue weighted by atomic mass is 16.5. The van der Waals surface area contributed by atoms with E-state index in [1.807, 2.05) is 43.5 Å². The van der Waals surface area contributed by atoms with Crippen LogP contribution in [0.3, 0.4) is 0 Å². The van der Waals surface area contributed by atoms with Gasteiger partial charge in [0.05, 0.1) is 36.7 Å². The number of aromatic nitrogens is 2. The second-order valence-corrected chi connectivity index (χ2v) is 8.59. The summed E-state index contributed by atoms with van der Waals surface area (Å²) in [6.45, 7) is 8.45. The second-order valence-electron chi connectivity index (χ2n) is 8.59. The van der Waals surface area contributed by atoms with E-state index in [4.69, 9.17) is 9.72 Å². The van der Waals surface area contributed by atoms with Crippen molar-refractivity contribution in [2.24, 2.45) is 5.92 Å². The highest BCUT2D eigenvalue weighted by Gasteiger charge is 2.29. The summed E-state index contributed by atoms with van der Waals surface area (Å²) in [5.74, 6) is 0.844. The zero-order chi connectivity index (χ0) is 21.6. The van der Waals surface area contributed by atoms with Crippen LogP contribution in [0, 0.1) is 12.8 Å². The first-order valence-electron chi connectivity index (χ1n) is 10.8. The summed E-state index contributed by atoms with van der Waals surface area (Å²) >= 11 is 0. The lowest BCUT2D eigenvalue weighted by molar-refractivity contribution is 0.126. The van der Waals surface area contributed by atoms with Gasteiger partial charge >= 0.3 is 0 Å². The van der Waals surface area contributed by atoms with E-state index in [0.717, 1.165) is 52.9 Å². The lowest BCUT2D eigenvalue weighted by Gasteiger charge is -2.18. The van der Waals surface area contributed by atoms with Crippen LogP contribution in [0.25, 0.3) is 22.3 Å². The number of fused-ring (bicyclic) bond motifs is 4. The Bertz CT molecular complexity index is 1180. The van der Waals surface area contributed by atoms with Gasteiger partial charge in [0, 0.05) is 16.5 Å². The van der Waals surface area contributed by atoms with Crippen LogP contribution < -0.4 is 10.3 Å². The molecule has 0 bridgehead atoms. The van der Waals surface area contributed by atoms with Gasteiger partial charge in [-0.3, -0.25) is 4.79 Å². The van der Waals surface area contributed by atoms with Gasteiger partial charge in [0.15, 0.2) is 0 Å². The Morgan fingerprint density at radius 1 is 1.27 bits per heavy atom. The van der Waals surface area contributed by atoms with Crippen LogP contribution in [0.2, 0.25) is 0 Å². The topological polar surface area (TPSA) is 64.3 Å². The Morgan fingerprint density at radius 3 is 2.70 bits per heavy atom. The van der Waals surface area contributed by atoms with Gasteiger partial charge in [-0.05, 0) is 61.1 Å². The molecule has 4 rings (SSSR count). The summed E-state index contributed by atoms with van der Waals surface area (Å²) in [7, 11) is 1.67. The van der Waals surface area contributed by atoms with Crippen molar-refractivity contribution in [2.75, 3.05) is 7.11 Å². The van der Waals surface area contributed by atoms with Gasteiger partial charge in [0.2, 0.25) is 0 Å². The first kappa shape index (κ1) is 20.6. The van der Waals surface area contributed by atoms with Gasteiger partial charge in [0.1, 0.15) is 5.75 Å². The van der Waals surface area contributed by atoms with Crippen molar-refractivity contribution in [1.82, 2.24) is 9.55 Å². The molecule has 3 heterocycles. The Kier molecular flexibility index (Phi) is 5.41. The molecule has 0 radical (unpaired) electrons. The quantitative estimate of drug-likeness (QED) is 0.501. The number of nitrogens with zero attached hydrogens (tertiary/aromatic N) is 2. The fourth-order valence-corrected chi connectivity index (χ4v) is 4.44. The number of aliphatic hydroxyl groups excluding tert-OH is 1. The van der Waals surface area contributed by atoms with Crippen molar-refractivity contribution in [3.63, 3.8) is 0 Å². The van der Waals surface area contributed by atoms with E-state index in [9.17, 15) is 9.90 Å². The number of ether oxygens (including phenoxy) is 1. The Morgan fingerprint density at radius 2 is 2.03 bits per heavy atom. The van der Waals surface area contributed by atoms with Crippen LogP contribution in [0.15, 0.2) is 29.1 Å². The molecule has 1 unspecified atom stereocenters. The zero-order valence-electron chi connectivity index (χ0n) is 18.5. The Balaban J connectivity index is 1.99. The molecular formula is C25H30N2O3. The molecule has 1 N–H and O–H groups in total. The predicted octanol–water partition coefficient (Wildman–Crippen LogP) is 4.77. The number of rotatable bonds is 6. The van der Waals surface area contributed by atoms with Crippen LogP contribution >= 0.6 is 0 Å². The van der Waals surface area contributed by atoms with E-state index >= 15 is 0 Å². The van der Waals surface area contributed by atoms with Crippen LogP contribution in [0.4, 0.5) is 0 Å². The Labute approximate surface area is 177 Å². The summed E-state index contributed by atoms with van der Waals surface area (Å²) in [6, 6.07) is 7.94. The maximum absolute atomic E-state index is 13.2. The van der Waals surface area contributed by atoms with Crippen LogP contribution in [-0.2, 0) is 13.0 Å². The summed E-state index contributed by atoms with van der Waals surface area (Å²) in [6.07, 6.45) is 2.44. The van der Waals surface area contributed by atoms with E-state index in [1.54, 1.807) is 7.11 Å². The van der Waals surface area contributed by atoms with E-state index < -0.39 is 6.10 Å². The molecule has 0 aliphatic carbocycles. The third-order valence-corrected chi connectivity index (χ3v) is 6.28. The van der Waals surface area contributed by atoms with Gasteiger partial charge in [0.25, 0.3) is 5.56 Å². The highest BCUT2D eigenvalue weighted by molar-refractivity contribution is 5.89. The van der Waals surface area contributed by atoms with Crippen LogP contribution in [-0.4, -0.2) is 21.8 Å². The molecule has 30 heavy (non-hydrogen) atoms. The third kappa shape index (κ3) is 3.21. The molecular weight excluding hydrogens is 376 g/mol. The molecule has 0 amide bonds. The fourth-order valence-electron chi connectivity index (χ4n) is 4.44. The average molecular weight is 407 g/mol. The molecule has 0 spiro atoms. The molecule has 0 saturated carbocycles. The number of aliphatic hydroxyl groups is 1. The minimum absolute atomic E-state index is 0.0316. The highest BCUT2D eigenvalue weighted by Crippen LogP contribution is 2.38. The summed E-state index contributed by atoms with van der Waals surface area (Å²) in [4.78, 5) is 18.2. The largest absolute Gasteiger partial charge is 0.497 e. The van der Waals surface area contributed by atoms with Gasteiger partial charge in [-0.1, -0.05) is 27.2 Å². The normalized spacial score (nSPS) is 13.6. The van der Waals surface area contributed by atoms with Crippen LogP contribution in [0.5, 0.6) is 5.75 Å². The number of aryl methyl sites for hydroxylation is 1. The number of unbranched alkanes of at least 4 members (excludes halogenated alkanes) is 1. The molecule has 5 heteroatoms. The number of hydrogen-bond acceptors (Lipinski definition) is 4. The number of benzene rings is 1. The zero-order valence-corrected chi connectivity index (χ0v) is 18.5. The molecule has 3 aromatic rings. The fraction of sp³-hybridized carbons (Fsp3) is 0.440. The lowest BCUT2D eigenvalue weighted by atomic mass is 9.94. The first-order chi connectivity index (χ1) is 14.4. The number of hydrogen-bond donors (Lipinski definition) is 1. The predicted molar refractivity (Wildman–Crippen MR) is 120 cm³/mol. The van der Waals surface area contributed by atoms with Crippen molar-refractivity contribution in [1.29, 1.82) is 0 Å². The molecule has 0 fully saturated rings. The Hall–Kier alpha value is -2.66. The maximum Gasteiger partial charge on any atom is 0.254 e. The standard InChI is InChI=1S/C25H30N2O3/c1-6-7-8-17-19-11-16(30-5)9-10-21(19)26-23-20(17)13-27-22(23)12-18(15(4)25(27)29)24(28)14(2)3/h9-12,14,24,28H,6-8,13H2,1-5H3. The molecule has 1 aliphatic rings. The first-order valence-corrected chi connectivity index (χ1v) is 10.8. The summed E-state index contributed by atoms with van der Waals surface area (Å²) in [5.41, 5.74) is 6.25.